The molecule has 0 fully saturated rings. The third-order valence-corrected chi connectivity index (χ3v) is 4.36. The molecular formula is C20H18F2N2O3S. The van der Waals surface area contributed by atoms with Crippen LogP contribution >= 0.6 is 11.3 Å². The molecule has 5 nitrogen and oxygen atoms in total. The number of benzene rings is 2. The Labute approximate surface area is 164 Å². The van der Waals surface area contributed by atoms with Crippen LogP contribution in [-0.2, 0) is 6.61 Å². The summed E-state index contributed by atoms with van der Waals surface area (Å²) in [6.07, 6.45) is 0. The van der Waals surface area contributed by atoms with Gasteiger partial charge in [-0.25, -0.2) is 13.8 Å². The molecule has 0 aliphatic rings. The van der Waals surface area contributed by atoms with Crippen molar-refractivity contribution in [3.8, 4) is 11.5 Å². The molecule has 3 aromatic rings. The molecule has 0 saturated carbocycles. The Kier molecular flexibility index (Phi) is 6.54. The van der Waals surface area contributed by atoms with E-state index in [1.54, 1.807) is 36.7 Å². The summed E-state index contributed by atoms with van der Waals surface area (Å²) >= 11 is 1.48. The van der Waals surface area contributed by atoms with Crippen molar-refractivity contribution in [1.29, 1.82) is 0 Å². The van der Waals surface area contributed by atoms with Crippen molar-refractivity contribution in [1.82, 2.24) is 10.3 Å². The summed E-state index contributed by atoms with van der Waals surface area (Å²) < 4.78 is 37.4. The summed E-state index contributed by atoms with van der Waals surface area (Å²) in [6.45, 7) is 2.08. The first-order valence-corrected chi connectivity index (χ1v) is 9.44. The highest BCUT2D eigenvalue weighted by molar-refractivity contribution is 7.07. The van der Waals surface area contributed by atoms with Crippen molar-refractivity contribution in [3.63, 3.8) is 0 Å². The maximum absolute atomic E-state index is 13.6. The molecule has 146 valence electrons. The van der Waals surface area contributed by atoms with E-state index in [1.165, 1.54) is 17.4 Å². The van der Waals surface area contributed by atoms with Crippen molar-refractivity contribution in [2.75, 3.05) is 6.61 Å². The zero-order valence-corrected chi connectivity index (χ0v) is 15.8. The van der Waals surface area contributed by atoms with Crippen molar-refractivity contribution >= 4 is 17.2 Å². The fourth-order valence-corrected chi connectivity index (χ4v) is 2.89. The minimum Gasteiger partial charge on any atom is -0.488 e. The third-order valence-electron chi connectivity index (χ3n) is 3.73. The quantitative estimate of drug-likeness (QED) is 0.611. The molecule has 1 aromatic heterocycles. The smallest absolute Gasteiger partial charge is 0.251 e. The molecule has 1 unspecified atom stereocenters. The minimum absolute atomic E-state index is 0.0360. The number of thiazole rings is 1. The zero-order valence-electron chi connectivity index (χ0n) is 15.0. The predicted molar refractivity (Wildman–Crippen MR) is 102 cm³/mol. The van der Waals surface area contributed by atoms with Gasteiger partial charge in [-0.3, -0.25) is 4.79 Å². The van der Waals surface area contributed by atoms with Crippen LogP contribution in [0.2, 0.25) is 0 Å². The lowest BCUT2D eigenvalue weighted by Crippen LogP contribution is -2.36. The number of aromatic nitrogens is 1. The van der Waals surface area contributed by atoms with Gasteiger partial charge in [0.2, 0.25) is 0 Å². The van der Waals surface area contributed by atoms with Gasteiger partial charge in [-0.1, -0.05) is 6.07 Å². The summed E-state index contributed by atoms with van der Waals surface area (Å²) in [5.74, 6) is -1.29. The molecule has 0 radical (unpaired) electrons. The molecule has 0 bridgehead atoms. The van der Waals surface area contributed by atoms with Crippen molar-refractivity contribution in [2.24, 2.45) is 0 Å². The van der Waals surface area contributed by atoms with Crippen molar-refractivity contribution in [2.45, 2.75) is 19.6 Å². The van der Waals surface area contributed by atoms with Gasteiger partial charge in [0.1, 0.15) is 24.8 Å². The van der Waals surface area contributed by atoms with E-state index in [-0.39, 0.29) is 18.3 Å². The van der Waals surface area contributed by atoms with Gasteiger partial charge in [-0.05, 0) is 37.3 Å². The van der Waals surface area contributed by atoms with E-state index >= 15 is 0 Å². The van der Waals surface area contributed by atoms with E-state index in [1.807, 2.05) is 5.38 Å². The van der Waals surface area contributed by atoms with Gasteiger partial charge in [0.15, 0.2) is 11.6 Å². The minimum atomic E-state index is -0.788. The molecule has 2 aromatic carbocycles. The number of carbonyl (C=O) groups is 1. The SMILES string of the molecule is CC(COc1ccc(F)cc1F)NC(=O)c1cccc(OCc2cscn2)c1. The Hall–Kier alpha value is -3.00. The molecule has 0 saturated heterocycles. The van der Waals surface area contributed by atoms with Crippen molar-refractivity contribution in [3.05, 3.63) is 76.2 Å². The average molecular weight is 404 g/mol. The lowest BCUT2D eigenvalue weighted by atomic mass is 10.2. The summed E-state index contributed by atoms with van der Waals surface area (Å²) in [7, 11) is 0. The fourth-order valence-electron chi connectivity index (χ4n) is 2.35. The van der Waals surface area contributed by atoms with Crippen LogP contribution in [0.1, 0.15) is 23.0 Å². The Morgan fingerprint density at radius 1 is 1.21 bits per heavy atom. The average Bonchev–Trinajstić information content (AvgIpc) is 3.19. The second-order valence-electron chi connectivity index (χ2n) is 6.06. The normalized spacial score (nSPS) is 11.7. The van der Waals surface area contributed by atoms with Crippen LogP contribution in [0.3, 0.4) is 0 Å². The highest BCUT2D eigenvalue weighted by Crippen LogP contribution is 2.18. The molecule has 0 aliphatic carbocycles. The molecule has 28 heavy (non-hydrogen) atoms. The zero-order chi connectivity index (χ0) is 19.9. The number of nitrogens with one attached hydrogen (secondary N) is 1. The molecule has 3 rings (SSSR count). The van der Waals surface area contributed by atoms with E-state index in [0.29, 0.717) is 17.9 Å². The molecule has 0 spiro atoms. The molecule has 1 amide bonds. The first-order chi connectivity index (χ1) is 13.5. The highest BCUT2D eigenvalue weighted by Gasteiger charge is 2.13. The van der Waals surface area contributed by atoms with Gasteiger partial charge in [0.05, 0.1) is 17.2 Å². The van der Waals surface area contributed by atoms with Crippen LogP contribution in [0.15, 0.2) is 53.4 Å². The number of amides is 1. The number of hydrogen-bond donors (Lipinski definition) is 1. The van der Waals surface area contributed by atoms with Crippen LogP contribution in [0, 0.1) is 11.6 Å². The topological polar surface area (TPSA) is 60.5 Å². The van der Waals surface area contributed by atoms with Gasteiger partial charge >= 0.3 is 0 Å². The first-order valence-electron chi connectivity index (χ1n) is 8.50. The summed E-state index contributed by atoms with van der Waals surface area (Å²) in [6, 6.07) is 9.45. The molecule has 1 heterocycles. The van der Waals surface area contributed by atoms with Crippen molar-refractivity contribution < 1.29 is 23.0 Å². The van der Waals surface area contributed by atoms with Gasteiger partial charge in [0.25, 0.3) is 5.91 Å². The number of ether oxygens (including phenoxy) is 2. The second-order valence-corrected chi connectivity index (χ2v) is 6.78. The number of hydrogen-bond acceptors (Lipinski definition) is 5. The fraction of sp³-hybridized carbons (Fsp3) is 0.200. The predicted octanol–water partition coefficient (Wildman–Crippen LogP) is 4.20. The van der Waals surface area contributed by atoms with Crippen LogP contribution in [0.5, 0.6) is 11.5 Å². The van der Waals surface area contributed by atoms with Crippen LogP contribution in [0.4, 0.5) is 8.78 Å². The van der Waals surface area contributed by atoms with Gasteiger partial charge < -0.3 is 14.8 Å². The summed E-state index contributed by atoms with van der Waals surface area (Å²) in [4.78, 5) is 16.5. The third kappa shape index (κ3) is 5.50. The van der Waals surface area contributed by atoms with E-state index < -0.39 is 17.7 Å². The van der Waals surface area contributed by atoms with Crippen LogP contribution < -0.4 is 14.8 Å². The monoisotopic (exact) mass is 404 g/mol. The number of carbonyl (C=O) groups excluding carboxylic acids is 1. The molecule has 1 N–H and O–H groups in total. The molecule has 0 aliphatic heterocycles. The molecular weight excluding hydrogens is 386 g/mol. The molecule has 8 heteroatoms. The standard InChI is InChI=1S/C20H18F2N2O3S/c1-13(9-27-19-6-5-15(21)8-18(19)22)24-20(25)14-3-2-4-17(7-14)26-10-16-11-28-12-23-16/h2-8,11-13H,9-10H2,1H3,(H,24,25). The second kappa shape index (κ2) is 9.27. The van der Waals surface area contributed by atoms with E-state index in [4.69, 9.17) is 9.47 Å². The Morgan fingerprint density at radius 3 is 2.82 bits per heavy atom. The van der Waals surface area contributed by atoms with E-state index in [0.717, 1.165) is 17.8 Å². The Balaban J connectivity index is 1.52. The Bertz CT molecular complexity index is 935. The van der Waals surface area contributed by atoms with Crippen LogP contribution in [0.25, 0.3) is 0 Å². The van der Waals surface area contributed by atoms with Gasteiger partial charge in [0, 0.05) is 17.0 Å². The summed E-state index contributed by atoms with van der Waals surface area (Å²) in [5.41, 5.74) is 2.97. The van der Waals surface area contributed by atoms with Crippen LogP contribution in [-0.4, -0.2) is 23.5 Å². The lowest BCUT2D eigenvalue weighted by molar-refractivity contribution is 0.0925. The number of halogens is 2. The van der Waals surface area contributed by atoms with E-state index in [9.17, 15) is 13.6 Å². The maximum atomic E-state index is 13.6. The number of rotatable bonds is 8. The highest BCUT2D eigenvalue weighted by atomic mass is 32.1. The first kappa shape index (κ1) is 19.8. The van der Waals surface area contributed by atoms with Gasteiger partial charge in [-0.2, -0.15) is 0 Å². The Morgan fingerprint density at radius 2 is 2.07 bits per heavy atom. The summed E-state index contributed by atoms with van der Waals surface area (Å²) in [5, 5.41) is 4.66. The lowest BCUT2D eigenvalue weighted by Gasteiger charge is -2.16. The van der Waals surface area contributed by atoms with Gasteiger partial charge in [-0.15, -0.1) is 11.3 Å². The molecule has 1 atom stereocenters. The largest absolute Gasteiger partial charge is 0.488 e. The number of nitrogens with zero attached hydrogens (tertiary/aromatic N) is 1. The maximum Gasteiger partial charge on any atom is 0.251 e. The van der Waals surface area contributed by atoms with E-state index in [2.05, 4.69) is 10.3 Å².